The number of ether oxygens (including phenoxy) is 5. The number of hydrogen-bond donors (Lipinski definition) is 0. The molecule has 0 atom stereocenters. The van der Waals surface area contributed by atoms with Crippen molar-refractivity contribution in [2.45, 2.75) is 6.92 Å². The van der Waals surface area contributed by atoms with Crippen molar-refractivity contribution in [2.75, 3.05) is 64.2 Å². The molecule has 0 saturated carbocycles. The van der Waals surface area contributed by atoms with Gasteiger partial charge in [-0.15, -0.1) is 20.5 Å². The number of likely N-dealkylation sites (N-methyl/N-ethyl adjacent to an activating group) is 1. The van der Waals surface area contributed by atoms with E-state index in [4.69, 9.17) is 23.7 Å². The molecule has 0 radical (unpaired) electrons. The Hall–Kier alpha value is -4.83. The van der Waals surface area contributed by atoms with Crippen LogP contribution >= 0.6 is 22.7 Å². The van der Waals surface area contributed by atoms with Gasteiger partial charge in [0.2, 0.25) is 5.13 Å². The Labute approximate surface area is 286 Å². The molecule has 2 heterocycles. The molecule has 0 aliphatic rings. The zero-order chi connectivity index (χ0) is 34.0. The number of carbonyl (C=O) groups excluding carboxylic acids is 2. The van der Waals surface area contributed by atoms with Crippen molar-refractivity contribution < 1.29 is 33.3 Å². The van der Waals surface area contributed by atoms with E-state index in [2.05, 4.69) is 43.5 Å². The van der Waals surface area contributed by atoms with Crippen LogP contribution in [0.1, 0.15) is 6.92 Å². The van der Waals surface area contributed by atoms with Gasteiger partial charge in [0.25, 0.3) is 0 Å². The molecule has 0 spiro atoms. The summed E-state index contributed by atoms with van der Waals surface area (Å²) in [4.78, 5) is 29.7. The van der Waals surface area contributed by atoms with Gasteiger partial charge in [0.05, 0.1) is 49.0 Å². The summed E-state index contributed by atoms with van der Waals surface area (Å²) in [5.74, 6) is -0.202. The second kappa shape index (κ2) is 19.7. The second-order valence-corrected chi connectivity index (χ2v) is 11.6. The summed E-state index contributed by atoms with van der Waals surface area (Å²) in [5, 5.41) is 18.6. The van der Waals surface area contributed by atoms with Gasteiger partial charge in [-0.2, -0.15) is 0 Å². The van der Waals surface area contributed by atoms with E-state index in [0.29, 0.717) is 61.8 Å². The van der Waals surface area contributed by atoms with Gasteiger partial charge >= 0.3 is 11.9 Å². The van der Waals surface area contributed by atoms with Crippen LogP contribution in [-0.2, 0) is 28.5 Å². The van der Waals surface area contributed by atoms with Gasteiger partial charge in [0.15, 0.2) is 0 Å². The van der Waals surface area contributed by atoms with E-state index in [1.54, 1.807) is 0 Å². The first-order valence-electron chi connectivity index (χ1n) is 15.0. The Bertz CT molecular complexity index is 1660. The first-order chi connectivity index (χ1) is 23.5. The quantitative estimate of drug-likeness (QED) is 0.0368. The first kappa shape index (κ1) is 36.0. The van der Waals surface area contributed by atoms with Crippen molar-refractivity contribution in [3.8, 4) is 5.75 Å². The van der Waals surface area contributed by atoms with Crippen molar-refractivity contribution in [1.29, 1.82) is 0 Å². The lowest BCUT2D eigenvalue weighted by Gasteiger charge is -2.22. The lowest BCUT2D eigenvalue weighted by molar-refractivity contribution is -0.139. The molecule has 15 heteroatoms. The molecular weight excluding hydrogens is 657 g/mol. The minimum absolute atomic E-state index is 0.180. The summed E-state index contributed by atoms with van der Waals surface area (Å²) in [6.07, 6.45) is 2.27. The minimum atomic E-state index is -0.470. The summed E-state index contributed by atoms with van der Waals surface area (Å²) in [7, 11) is 0. The Kier molecular flexibility index (Phi) is 14.8. The van der Waals surface area contributed by atoms with E-state index in [0.717, 1.165) is 38.9 Å². The number of hydrogen-bond acceptors (Lipinski definition) is 15. The number of benzene rings is 2. The number of azo groups is 2. The van der Waals surface area contributed by atoms with E-state index in [1.807, 2.05) is 61.5 Å². The molecule has 0 saturated heterocycles. The third-order valence-corrected chi connectivity index (χ3v) is 8.22. The molecule has 4 aromatic rings. The van der Waals surface area contributed by atoms with Crippen LogP contribution in [0.4, 0.5) is 27.2 Å². The fourth-order valence-corrected chi connectivity index (χ4v) is 5.79. The number of fused-ring (bicyclic) bond motifs is 1. The molecule has 0 aliphatic carbocycles. The van der Waals surface area contributed by atoms with Crippen LogP contribution < -0.4 is 9.64 Å². The number of aromatic nitrogens is 1. The Balaban J connectivity index is 1.17. The lowest BCUT2D eigenvalue weighted by atomic mass is 10.2. The van der Waals surface area contributed by atoms with E-state index in [9.17, 15) is 9.59 Å². The van der Waals surface area contributed by atoms with Crippen molar-refractivity contribution in [2.24, 2.45) is 20.5 Å². The fraction of sp³-hybridized carbons (Fsp3) is 0.303. The molecule has 4 rings (SSSR count). The average molecular weight is 693 g/mol. The second-order valence-electron chi connectivity index (χ2n) is 9.56. The maximum Gasteiger partial charge on any atom is 0.330 e. The molecule has 2 aromatic carbocycles. The molecular formula is C33H36N6O7S2. The predicted molar refractivity (Wildman–Crippen MR) is 186 cm³/mol. The van der Waals surface area contributed by atoms with Crippen LogP contribution in [0.2, 0.25) is 0 Å². The zero-order valence-electron chi connectivity index (χ0n) is 26.5. The predicted octanol–water partition coefficient (Wildman–Crippen LogP) is 7.89. The smallest absolute Gasteiger partial charge is 0.330 e. The third kappa shape index (κ3) is 12.1. The third-order valence-electron chi connectivity index (χ3n) is 6.29. The summed E-state index contributed by atoms with van der Waals surface area (Å²) >= 11 is 2.86. The van der Waals surface area contributed by atoms with E-state index < -0.39 is 11.9 Å². The maximum absolute atomic E-state index is 11.3. The summed E-state index contributed by atoms with van der Waals surface area (Å²) in [6, 6.07) is 16.9. The number of rotatable bonds is 21. The zero-order valence-corrected chi connectivity index (χ0v) is 28.1. The molecule has 2 aromatic heterocycles. The summed E-state index contributed by atoms with van der Waals surface area (Å²) < 4.78 is 27.3. The maximum atomic E-state index is 11.3. The van der Waals surface area contributed by atoms with Crippen molar-refractivity contribution in [3.63, 3.8) is 0 Å². The molecule has 0 unspecified atom stereocenters. The van der Waals surface area contributed by atoms with Crippen molar-refractivity contribution >= 4 is 71.3 Å². The topological polar surface area (TPSA) is 146 Å². The Morgan fingerprint density at radius 3 is 2.02 bits per heavy atom. The molecule has 48 heavy (non-hydrogen) atoms. The molecule has 0 bridgehead atoms. The van der Waals surface area contributed by atoms with E-state index in [1.165, 1.54) is 22.7 Å². The van der Waals surface area contributed by atoms with Crippen LogP contribution in [0.25, 0.3) is 9.53 Å². The van der Waals surface area contributed by atoms with Crippen LogP contribution in [-0.4, -0.2) is 76.3 Å². The van der Waals surface area contributed by atoms with Gasteiger partial charge in [-0.1, -0.05) is 35.8 Å². The van der Waals surface area contributed by atoms with Crippen LogP contribution in [0.3, 0.4) is 0 Å². The number of esters is 2. The molecule has 0 amide bonds. The molecule has 13 nitrogen and oxygen atoms in total. The molecule has 0 fully saturated rings. The van der Waals surface area contributed by atoms with Gasteiger partial charge in [-0.25, -0.2) is 14.6 Å². The van der Waals surface area contributed by atoms with Gasteiger partial charge in [-0.05, 0) is 61.5 Å². The van der Waals surface area contributed by atoms with Gasteiger partial charge in [0.1, 0.15) is 35.4 Å². The highest BCUT2D eigenvalue weighted by molar-refractivity contribution is 7.30. The highest BCUT2D eigenvalue weighted by Crippen LogP contribution is 2.39. The number of nitrogens with zero attached hydrogens (tertiary/aromatic N) is 6. The number of thiazole rings is 1. The number of thiophene rings is 1. The minimum Gasteiger partial charge on any atom is -0.491 e. The monoisotopic (exact) mass is 692 g/mol. The standard InChI is InChI=1S/C33H36N6O7S2/c1-4-30(40)45-16-15-39(6-3)26-11-7-24(8-12-26)36-38-33-34-32-28(47-33)23-29(48-32)37-35-25-9-13-27(14-10-25)44-21-19-42-17-18-43-20-22-46-31(41)5-2/h4-5,7-14,23H,1-2,6,15-22H2,3H3. The van der Waals surface area contributed by atoms with Crippen LogP contribution in [0.5, 0.6) is 5.75 Å². The van der Waals surface area contributed by atoms with Gasteiger partial charge in [0, 0.05) is 24.4 Å². The first-order valence-corrected chi connectivity index (χ1v) is 16.7. The summed E-state index contributed by atoms with van der Waals surface area (Å²) in [5.41, 5.74) is 2.39. The SMILES string of the molecule is C=CC(=O)OCCOCCOCCOc1ccc(N=Nc2cc3sc(N=Nc4ccc(N(CC)CCOC(=O)C=C)cc4)nc3s2)cc1. The van der Waals surface area contributed by atoms with Gasteiger partial charge < -0.3 is 28.6 Å². The van der Waals surface area contributed by atoms with Crippen molar-refractivity contribution in [1.82, 2.24) is 4.98 Å². The summed E-state index contributed by atoms with van der Waals surface area (Å²) in [6.45, 7) is 12.5. The Morgan fingerprint density at radius 1 is 0.771 bits per heavy atom. The largest absolute Gasteiger partial charge is 0.491 e. The number of carbonyl (C=O) groups is 2. The number of anilines is 1. The lowest BCUT2D eigenvalue weighted by Crippen LogP contribution is -2.27. The average Bonchev–Trinajstić information content (AvgIpc) is 3.68. The van der Waals surface area contributed by atoms with E-state index in [-0.39, 0.29) is 13.2 Å². The highest BCUT2D eigenvalue weighted by atomic mass is 32.1. The van der Waals surface area contributed by atoms with Crippen molar-refractivity contribution in [3.05, 3.63) is 79.9 Å². The molecule has 0 N–H and O–H groups in total. The molecule has 252 valence electrons. The van der Waals surface area contributed by atoms with Gasteiger partial charge in [-0.3, -0.25) is 0 Å². The highest BCUT2D eigenvalue weighted by Gasteiger charge is 2.09. The Morgan fingerprint density at radius 2 is 1.38 bits per heavy atom. The van der Waals surface area contributed by atoms with Crippen LogP contribution in [0.15, 0.2) is 100 Å². The van der Waals surface area contributed by atoms with Crippen LogP contribution in [0, 0.1) is 0 Å². The molecule has 0 aliphatic heterocycles. The fourth-order valence-electron chi connectivity index (χ4n) is 3.94. The van der Waals surface area contributed by atoms with E-state index >= 15 is 0 Å². The normalized spacial score (nSPS) is 11.3.